The molecule has 1 fully saturated rings. The summed E-state index contributed by atoms with van der Waals surface area (Å²) in [6.45, 7) is 3.63. The average molecular weight is 378 g/mol. The van der Waals surface area contributed by atoms with E-state index in [1.807, 2.05) is 30.3 Å². The van der Waals surface area contributed by atoms with Gasteiger partial charge in [0, 0.05) is 30.8 Å². The number of hydrogen-bond acceptors (Lipinski definition) is 5. The summed E-state index contributed by atoms with van der Waals surface area (Å²) in [6, 6.07) is 13.5. The summed E-state index contributed by atoms with van der Waals surface area (Å²) in [4.78, 5) is 19.4. The van der Waals surface area contributed by atoms with Crippen molar-refractivity contribution in [2.45, 2.75) is 32.2 Å². The van der Waals surface area contributed by atoms with Crippen LogP contribution in [0, 0.1) is 17.2 Å². The number of nitrogens with zero attached hydrogens (tertiary/aromatic N) is 3. The van der Waals surface area contributed by atoms with Crippen molar-refractivity contribution in [1.82, 2.24) is 10.3 Å². The van der Waals surface area contributed by atoms with Gasteiger partial charge in [-0.3, -0.25) is 4.79 Å². The van der Waals surface area contributed by atoms with Crippen LogP contribution in [0.3, 0.4) is 0 Å². The maximum atomic E-state index is 12.8. The van der Waals surface area contributed by atoms with Gasteiger partial charge in [-0.25, -0.2) is 4.98 Å². The highest BCUT2D eigenvalue weighted by Crippen LogP contribution is 2.28. The molecule has 1 unspecified atom stereocenters. The van der Waals surface area contributed by atoms with Gasteiger partial charge in [0.15, 0.2) is 0 Å². The Hall–Kier alpha value is -3.07. The largest absolute Gasteiger partial charge is 0.496 e. The highest BCUT2D eigenvalue weighted by Gasteiger charge is 2.27. The van der Waals surface area contributed by atoms with Crippen LogP contribution in [0.2, 0.25) is 0 Å². The van der Waals surface area contributed by atoms with E-state index in [0.717, 1.165) is 49.5 Å². The van der Waals surface area contributed by atoms with Gasteiger partial charge >= 0.3 is 0 Å². The van der Waals surface area contributed by atoms with Crippen molar-refractivity contribution >= 4 is 11.7 Å². The third-order valence-electron chi connectivity index (χ3n) is 5.31. The van der Waals surface area contributed by atoms with Crippen LogP contribution in [0.15, 0.2) is 42.6 Å². The van der Waals surface area contributed by atoms with Crippen molar-refractivity contribution in [3.63, 3.8) is 0 Å². The van der Waals surface area contributed by atoms with E-state index in [2.05, 4.69) is 28.2 Å². The number of rotatable bonds is 6. The Bertz CT molecular complexity index is 836. The van der Waals surface area contributed by atoms with E-state index in [0.29, 0.717) is 5.56 Å². The predicted molar refractivity (Wildman–Crippen MR) is 108 cm³/mol. The zero-order chi connectivity index (χ0) is 19.9. The highest BCUT2D eigenvalue weighted by molar-refractivity contribution is 5.79. The van der Waals surface area contributed by atoms with Gasteiger partial charge in [-0.2, -0.15) is 5.26 Å². The van der Waals surface area contributed by atoms with Gasteiger partial charge < -0.3 is 15.0 Å². The van der Waals surface area contributed by atoms with Crippen LogP contribution < -0.4 is 15.0 Å². The Morgan fingerprint density at radius 2 is 2.07 bits per heavy atom. The Balaban J connectivity index is 1.59. The highest BCUT2D eigenvalue weighted by atomic mass is 16.5. The molecule has 1 atom stereocenters. The van der Waals surface area contributed by atoms with Crippen LogP contribution in [-0.4, -0.2) is 31.1 Å². The van der Waals surface area contributed by atoms with Crippen molar-refractivity contribution in [3.05, 3.63) is 53.7 Å². The fourth-order valence-electron chi connectivity index (χ4n) is 3.65. The topological polar surface area (TPSA) is 78.3 Å². The predicted octanol–water partition coefficient (Wildman–Crippen LogP) is 3.45. The smallest absolute Gasteiger partial charge is 0.223 e. The Labute approximate surface area is 166 Å². The molecule has 1 aromatic carbocycles. The third-order valence-corrected chi connectivity index (χ3v) is 5.31. The minimum atomic E-state index is -0.0538. The van der Waals surface area contributed by atoms with Crippen LogP contribution in [0.4, 0.5) is 5.82 Å². The van der Waals surface area contributed by atoms with Gasteiger partial charge in [0.25, 0.3) is 0 Å². The van der Waals surface area contributed by atoms with Crippen molar-refractivity contribution < 1.29 is 9.53 Å². The van der Waals surface area contributed by atoms with Gasteiger partial charge in [-0.1, -0.05) is 25.1 Å². The van der Waals surface area contributed by atoms with E-state index < -0.39 is 0 Å². The summed E-state index contributed by atoms with van der Waals surface area (Å²) in [6.07, 6.45) is 3.97. The number of pyridine rings is 1. The zero-order valence-corrected chi connectivity index (χ0v) is 16.4. The molecule has 0 saturated carbocycles. The summed E-state index contributed by atoms with van der Waals surface area (Å²) in [7, 11) is 1.65. The molecule has 0 spiro atoms. The number of carbonyl (C=O) groups is 1. The van der Waals surface area contributed by atoms with Gasteiger partial charge in [-0.05, 0) is 37.5 Å². The molecular weight excluding hydrogens is 352 g/mol. The van der Waals surface area contributed by atoms with Crippen LogP contribution in [-0.2, 0) is 4.79 Å². The number of nitrogens with one attached hydrogen (secondary N) is 1. The average Bonchev–Trinajstić information content (AvgIpc) is 2.77. The van der Waals surface area contributed by atoms with Gasteiger partial charge in [0.2, 0.25) is 5.91 Å². The van der Waals surface area contributed by atoms with Crippen LogP contribution in [0.5, 0.6) is 5.75 Å². The molecule has 0 aliphatic carbocycles. The number of nitriles is 1. The molecule has 2 heterocycles. The SMILES string of the molecule is CCC(NC(=O)C1CCN(c2ccc(C#N)cn2)CC1)c1ccccc1OC. The first kappa shape index (κ1) is 19.7. The van der Waals surface area contributed by atoms with Crippen molar-refractivity contribution in [2.24, 2.45) is 5.92 Å². The molecule has 6 heteroatoms. The maximum Gasteiger partial charge on any atom is 0.223 e. The number of amides is 1. The second-order valence-electron chi connectivity index (χ2n) is 6.99. The minimum absolute atomic E-state index is 0.00149. The van der Waals surface area contributed by atoms with Gasteiger partial charge in [-0.15, -0.1) is 0 Å². The van der Waals surface area contributed by atoms with E-state index >= 15 is 0 Å². The molecule has 1 aliphatic heterocycles. The molecule has 3 rings (SSSR count). The lowest BCUT2D eigenvalue weighted by Crippen LogP contribution is -2.41. The van der Waals surface area contributed by atoms with Crippen molar-refractivity contribution in [1.29, 1.82) is 5.26 Å². The van der Waals surface area contributed by atoms with Crippen LogP contribution in [0.25, 0.3) is 0 Å². The number of carbonyl (C=O) groups excluding carboxylic acids is 1. The number of methoxy groups -OCH3 is 1. The number of hydrogen-bond donors (Lipinski definition) is 1. The normalized spacial score (nSPS) is 15.5. The van der Waals surface area contributed by atoms with Crippen LogP contribution in [0.1, 0.15) is 43.4 Å². The van der Waals surface area contributed by atoms with Crippen molar-refractivity contribution in [2.75, 3.05) is 25.1 Å². The molecule has 28 heavy (non-hydrogen) atoms. The molecule has 6 nitrogen and oxygen atoms in total. The molecule has 0 radical (unpaired) electrons. The lowest BCUT2D eigenvalue weighted by Gasteiger charge is -2.33. The summed E-state index contributed by atoms with van der Waals surface area (Å²) < 4.78 is 5.45. The quantitative estimate of drug-likeness (QED) is 0.833. The molecule has 2 aromatic rings. The molecule has 1 amide bonds. The molecule has 1 N–H and O–H groups in total. The third kappa shape index (κ3) is 4.42. The summed E-state index contributed by atoms with van der Waals surface area (Å²) >= 11 is 0. The number of benzene rings is 1. The van der Waals surface area contributed by atoms with E-state index in [-0.39, 0.29) is 17.9 Å². The number of aromatic nitrogens is 1. The van der Waals surface area contributed by atoms with Gasteiger partial charge in [0.05, 0.1) is 18.7 Å². The van der Waals surface area contributed by atoms with E-state index in [1.165, 1.54) is 0 Å². The Kier molecular flexibility index (Phi) is 6.49. The zero-order valence-electron chi connectivity index (χ0n) is 16.4. The van der Waals surface area contributed by atoms with Gasteiger partial charge in [0.1, 0.15) is 17.6 Å². The number of anilines is 1. The second kappa shape index (κ2) is 9.23. The Morgan fingerprint density at radius 1 is 1.32 bits per heavy atom. The first-order chi connectivity index (χ1) is 13.7. The summed E-state index contributed by atoms with van der Waals surface area (Å²) in [5.41, 5.74) is 1.57. The molecule has 1 aliphatic rings. The lowest BCUT2D eigenvalue weighted by molar-refractivity contribution is -0.126. The first-order valence-electron chi connectivity index (χ1n) is 9.70. The fraction of sp³-hybridized carbons (Fsp3) is 0.409. The Morgan fingerprint density at radius 3 is 2.68 bits per heavy atom. The minimum Gasteiger partial charge on any atom is -0.496 e. The molecule has 0 bridgehead atoms. The van der Waals surface area contributed by atoms with Crippen molar-refractivity contribution in [3.8, 4) is 11.8 Å². The summed E-state index contributed by atoms with van der Waals surface area (Å²) in [5.74, 6) is 1.76. The molecule has 146 valence electrons. The standard InChI is InChI=1S/C22H26N4O2/c1-3-19(18-6-4-5-7-20(18)28-2)25-22(27)17-10-12-26(13-11-17)21-9-8-16(14-23)15-24-21/h4-9,15,17,19H,3,10-13H2,1-2H3,(H,25,27). The van der Waals surface area contributed by atoms with Crippen LogP contribution >= 0.6 is 0 Å². The fourth-order valence-corrected chi connectivity index (χ4v) is 3.65. The summed E-state index contributed by atoms with van der Waals surface area (Å²) in [5, 5.41) is 12.1. The molecular formula is C22H26N4O2. The number of ether oxygens (including phenoxy) is 1. The van der Waals surface area contributed by atoms with E-state index in [9.17, 15) is 4.79 Å². The van der Waals surface area contributed by atoms with E-state index in [1.54, 1.807) is 19.4 Å². The second-order valence-corrected chi connectivity index (χ2v) is 6.99. The van der Waals surface area contributed by atoms with E-state index in [4.69, 9.17) is 10.00 Å². The molecule has 1 aromatic heterocycles. The molecule has 1 saturated heterocycles. The number of piperidine rings is 1. The monoisotopic (exact) mass is 378 g/mol. The number of para-hydroxylation sites is 1. The first-order valence-corrected chi connectivity index (χ1v) is 9.70. The maximum absolute atomic E-state index is 12.8. The lowest BCUT2D eigenvalue weighted by atomic mass is 9.94.